The summed E-state index contributed by atoms with van der Waals surface area (Å²) in [7, 11) is 0. The summed E-state index contributed by atoms with van der Waals surface area (Å²) in [4.78, 5) is 0. The van der Waals surface area contributed by atoms with Gasteiger partial charge in [0.25, 0.3) is 6.43 Å². The second-order valence-corrected chi connectivity index (χ2v) is 4.50. The van der Waals surface area contributed by atoms with Crippen LogP contribution in [0.15, 0.2) is 0 Å². The van der Waals surface area contributed by atoms with Gasteiger partial charge in [0.2, 0.25) is 0 Å². The summed E-state index contributed by atoms with van der Waals surface area (Å²) < 4.78 is 27.6. The van der Waals surface area contributed by atoms with Crippen molar-refractivity contribution in [1.82, 2.24) is 15.0 Å². The van der Waals surface area contributed by atoms with Crippen LogP contribution in [0.25, 0.3) is 0 Å². The number of hydrogen-bond acceptors (Lipinski definition) is 3. The molecule has 4 nitrogen and oxygen atoms in total. The fraction of sp³-hybridized carbons (Fsp3) is 0.818. The van der Waals surface area contributed by atoms with Gasteiger partial charge in [-0.05, 0) is 19.4 Å². The number of hydrogen-bond donors (Lipinski definition) is 1. The van der Waals surface area contributed by atoms with Gasteiger partial charge in [0.1, 0.15) is 5.69 Å². The summed E-state index contributed by atoms with van der Waals surface area (Å²) >= 11 is 0. The fourth-order valence-electron chi connectivity index (χ4n) is 2.47. The first-order valence-electron chi connectivity index (χ1n) is 6.16. The van der Waals surface area contributed by atoms with Gasteiger partial charge in [0.15, 0.2) is 0 Å². The average Bonchev–Trinajstić information content (AvgIpc) is 2.74. The lowest BCUT2D eigenvalue weighted by Crippen LogP contribution is -2.17. The number of halogens is 2. The molecule has 0 saturated heterocycles. The third-order valence-electron chi connectivity index (χ3n) is 3.31. The van der Waals surface area contributed by atoms with E-state index in [9.17, 15) is 8.78 Å². The minimum absolute atomic E-state index is 0.0256. The van der Waals surface area contributed by atoms with Crippen molar-refractivity contribution in [3.8, 4) is 0 Å². The van der Waals surface area contributed by atoms with Crippen molar-refractivity contribution in [2.45, 2.75) is 51.0 Å². The Balaban J connectivity index is 2.25. The normalized spacial score (nSPS) is 17.9. The molecule has 6 heteroatoms. The van der Waals surface area contributed by atoms with Crippen molar-refractivity contribution in [3.63, 3.8) is 0 Å². The first-order valence-corrected chi connectivity index (χ1v) is 6.16. The smallest absolute Gasteiger partial charge is 0.281 e. The van der Waals surface area contributed by atoms with Crippen molar-refractivity contribution >= 4 is 0 Å². The van der Waals surface area contributed by atoms with Gasteiger partial charge in [-0.15, -0.1) is 5.10 Å². The fourth-order valence-corrected chi connectivity index (χ4v) is 2.47. The van der Waals surface area contributed by atoms with Gasteiger partial charge in [-0.25, -0.2) is 13.5 Å². The molecular weight excluding hydrogens is 226 g/mol. The molecule has 0 radical (unpaired) electrons. The molecule has 0 spiro atoms. The zero-order valence-corrected chi connectivity index (χ0v) is 9.78. The van der Waals surface area contributed by atoms with Crippen LogP contribution in [-0.2, 0) is 6.42 Å². The molecule has 1 aromatic rings. The summed E-state index contributed by atoms with van der Waals surface area (Å²) in [5.41, 5.74) is 5.72. The Labute approximate surface area is 99.2 Å². The van der Waals surface area contributed by atoms with Crippen molar-refractivity contribution in [2.75, 3.05) is 6.54 Å². The maximum absolute atomic E-state index is 13.1. The van der Waals surface area contributed by atoms with Crippen LogP contribution in [0.1, 0.15) is 56.0 Å². The largest absolute Gasteiger partial charge is 0.330 e. The lowest BCUT2D eigenvalue weighted by molar-refractivity contribution is 0.131. The van der Waals surface area contributed by atoms with E-state index in [0.717, 1.165) is 25.7 Å². The highest BCUT2D eigenvalue weighted by molar-refractivity contribution is 5.13. The number of alkyl halides is 2. The maximum Gasteiger partial charge on any atom is 0.281 e. The van der Waals surface area contributed by atoms with E-state index in [1.165, 1.54) is 11.1 Å². The van der Waals surface area contributed by atoms with Gasteiger partial charge in [0, 0.05) is 6.42 Å². The molecule has 0 unspecified atom stereocenters. The molecule has 2 N–H and O–H groups in total. The molecule has 1 saturated carbocycles. The predicted octanol–water partition coefficient (Wildman–Crippen LogP) is 2.22. The van der Waals surface area contributed by atoms with Gasteiger partial charge < -0.3 is 5.73 Å². The first-order chi connectivity index (χ1) is 8.24. The first kappa shape index (κ1) is 12.4. The summed E-state index contributed by atoms with van der Waals surface area (Å²) in [5, 5.41) is 7.77. The minimum Gasteiger partial charge on any atom is -0.330 e. The van der Waals surface area contributed by atoms with Gasteiger partial charge in [-0.1, -0.05) is 24.5 Å². The van der Waals surface area contributed by atoms with Crippen LogP contribution in [-0.4, -0.2) is 21.5 Å². The molecule has 1 heterocycles. The lowest BCUT2D eigenvalue weighted by atomic mass is 9.95. The predicted molar refractivity (Wildman–Crippen MR) is 59.9 cm³/mol. The Bertz CT molecular complexity index is 358. The second-order valence-electron chi connectivity index (χ2n) is 4.50. The van der Waals surface area contributed by atoms with E-state index < -0.39 is 6.43 Å². The van der Waals surface area contributed by atoms with Crippen molar-refractivity contribution < 1.29 is 8.78 Å². The van der Waals surface area contributed by atoms with Gasteiger partial charge in [-0.3, -0.25) is 0 Å². The molecule has 1 aromatic heterocycles. The zero-order valence-electron chi connectivity index (χ0n) is 9.78. The topological polar surface area (TPSA) is 56.7 Å². The van der Waals surface area contributed by atoms with Crippen LogP contribution >= 0.6 is 0 Å². The molecule has 96 valence electrons. The third kappa shape index (κ3) is 2.62. The zero-order chi connectivity index (χ0) is 12.3. The monoisotopic (exact) mass is 244 g/mol. The Hall–Kier alpha value is -1.04. The Morgan fingerprint density at radius 3 is 2.59 bits per heavy atom. The Morgan fingerprint density at radius 2 is 2.00 bits per heavy atom. The van der Waals surface area contributed by atoms with E-state index in [2.05, 4.69) is 10.3 Å². The van der Waals surface area contributed by atoms with E-state index in [-0.39, 0.29) is 11.7 Å². The highest BCUT2D eigenvalue weighted by Gasteiger charge is 2.26. The van der Waals surface area contributed by atoms with Crippen molar-refractivity contribution in [1.29, 1.82) is 0 Å². The van der Waals surface area contributed by atoms with E-state index in [1.54, 1.807) is 0 Å². The molecule has 0 aliphatic heterocycles. The molecule has 17 heavy (non-hydrogen) atoms. The van der Waals surface area contributed by atoms with Crippen LogP contribution in [0, 0.1) is 0 Å². The van der Waals surface area contributed by atoms with Gasteiger partial charge in [-0.2, -0.15) is 0 Å². The average molecular weight is 244 g/mol. The standard InChI is InChI=1S/C11H18F2N4/c12-11(13)10-9(6-7-14)15-16-17(10)8-4-2-1-3-5-8/h8,11H,1-7,14H2. The number of nitrogens with two attached hydrogens (primary N) is 1. The molecule has 0 amide bonds. The lowest BCUT2D eigenvalue weighted by Gasteiger charge is -2.23. The molecule has 2 rings (SSSR count). The molecule has 0 aromatic carbocycles. The van der Waals surface area contributed by atoms with Crippen LogP contribution in [0.3, 0.4) is 0 Å². The molecular formula is C11H18F2N4. The van der Waals surface area contributed by atoms with Crippen molar-refractivity contribution in [2.24, 2.45) is 5.73 Å². The van der Waals surface area contributed by atoms with Crippen LogP contribution in [0.2, 0.25) is 0 Å². The third-order valence-corrected chi connectivity index (χ3v) is 3.31. The summed E-state index contributed by atoms with van der Waals surface area (Å²) in [6, 6.07) is 0.0896. The van der Waals surface area contributed by atoms with Gasteiger partial charge >= 0.3 is 0 Å². The number of rotatable bonds is 4. The number of nitrogens with zero attached hydrogens (tertiary/aromatic N) is 3. The highest BCUT2D eigenvalue weighted by Crippen LogP contribution is 2.32. The van der Waals surface area contributed by atoms with Crippen LogP contribution in [0.4, 0.5) is 8.78 Å². The summed E-state index contributed by atoms with van der Waals surface area (Å²) in [5.74, 6) is 0. The van der Waals surface area contributed by atoms with Gasteiger partial charge in [0.05, 0.1) is 11.7 Å². The highest BCUT2D eigenvalue weighted by atomic mass is 19.3. The Kier molecular flexibility index (Phi) is 4.04. The molecule has 1 aliphatic rings. The second kappa shape index (κ2) is 5.53. The van der Waals surface area contributed by atoms with Crippen molar-refractivity contribution in [3.05, 3.63) is 11.4 Å². The molecule has 1 aliphatic carbocycles. The van der Waals surface area contributed by atoms with E-state index in [4.69, 9.17) is 5.73 Å². The quantitative estimate of drug-likeness (QED) is 0.883. The molecule has 0 atom stereocenters. The van der Waals surface area contributed by atoms with E-state index >= 15 is 0 Å². The Morgan fingerprint density at radius 1 is 1.29 bits per heavy atom. The van der Waals surface area contributed by atoms with E-state index in [1.807, 2.05) is 0 Å². The minimum atomic E-state index is -2.52. The molecule has 1 fully saturated rings. The van der Waals surface area contributed by atoms with E-state index in [0.29, 0.717) is 18.7 Å². The van der Waals surface area contributed by atoms with Crippen LogP contribution < -0.4 is 5.73 Å². The number of aromatic nitrogens is 3. The SMILES string of the molecule is NCCc1nnn(C2CCCCC2)c1C(F)F. The van der Waals surface area contributed by atoms with Crippen LogP contribution in [0.5, 0.6) is 0 Å². The summed E-state index contributed by atoms with van der Waals surface area (Å²) in [6.45, 7) is 0.323. The summed E-state index contributed by atoms with van der Waals surface area (Å²) in [6.07, 6.45) is 3.04. The maximum atomic E-state index is 13.1. The molecule has 0 bridgehead atoms.